The van der Waals surface area contributed by atoms with Crippen LogP contribution in [0, 0.1) is 0 Å². The third kappa shape index (κ3) is 4.34. The topological polar surface area (TPSA) is 18.5 Å². The van der Waals surface area contributed by atoms with Gasteiger partial charge in [-0.15, -0.1) is 0 Å². The normalized spacial score (nSPS) is 21.5. The zero-order valence-corrected chi connectivity index (χ0v) is 13.6. The summed E-state index contributed by atoms with van der Waals surface area (Å²) in [4.78, 5) is 4.37. The molecule has 1 atom stereocenters. The average molecular weight is 366 g/mol. The van der Waals surface area contributed by atoms with Crippen LogP contribution in [-0.2, 0) is 6.18 Å². The number of hydrogen-bond donors (Lipinski definition) is 1. The van der Waals surface area contributed by atoms with E-state index in [-0.39, 0.29) is 11.7 Å². The van der Waals surface area contributed by atoms with Gasteiger partial charge in [0.05, 0.1) is 5.56 Å². The highest BCUT2D eigenvalue weighted by Gasteiger charge is 2.33. The second-order valence-corrected chi connectivity index (χ2v) is 6.38. The molecule has 1 heterocycles. The van der Waals surface area contributed by atoms with Crippen molar-refractivity contribution in [2.24, 2.45) is 0 Å². The van der Waals surface area contributed by atoms with Crippen LogP contribution in [0.4, 0.5) is 18.9 Å². The van der Waals surface area contributed by atoms with E-state index in [4.69, 9.17) is 0 Å². The van der Waals surface area contributed by atoms with Gasteiger partial charge in [-0.3, -0.25) is 4.90 Å². The van der Waals surface area contributed by atoms with Crippen LogP contribution < -0.4 is 5.32 Å². The molecule has 118 valence electrons. The summed E-state index contributed by atoms with van der Waals surface area (Å²) in [5.41, 5.74) is -0.504. The van der Waals surface area contributed by atoms with Gasteiger partial charge in [0, 0.05) is 42.4 Å². The fourth-order valence-electron chi connectivity index (χ4n) is 2.46. The van der Waals surface area contributed by atoms with E-state index < -0.39 is 11.7 Å². The predicted molar refractivity (Wildman–Crippen MR) is 81.5 cm³/mol. The number of rotatable bonds is 3. The fraction of sp³-hybridized carbons (Fsp3) is 0.571. The Hall–Kier alpha value is -0.790. The molecule has 1 aromatic carbocycles. The molecule has 1 N–H and O–H groups in total. The first kappa shape index (κ1) is 16.6. The molecule has 21 heavy (non-hydrogen) atoms. The van der Waals surface area contributed by atoms with Gasteiger partial charge in [-0.25, -0.2) is 0 Å². The molecule has 0 amide bonds. The first-order chi connectivity index (χ1) is 9.77. The highest BCUT2D eigenvalue weighted by molar-refractivity contribution is 9.10. The number of benzene rings is 1. The minimum Gasteiger partial charge on any atom is -0.383 e. The number of alkyl halides is 3. The highest BCUT2D eigenvalue weighted by atomic mass is 79.9. The summed E-state index contributed by atoms with van der Waals surface area (Å²) in [5, 5.41) is 2.96. The quantitative estimate of drug-likeness (QED) is 0.887. The van der Waals surface area contributed by atoms with Crippen LogP contribution in [0.1, 0.15) is 5.56 Å². The molecule has 1 unspecified atom stereocenters. The molecule has 1 saturated heterocycles. The number of piperazine rings is 1. The van der Waals surface area contributed by atoms with Crippen LogP contribution in [0.15, 0.2) is 22.7 Å². The molecular formula is C14H19BrF3N3. The van der Waals surface area contributed by atoms with Crippen molar-refractivity contribution in [3.63, 3.8) is 0 Å². The Labute approximate surface area is 131 Å². The Kier molecular flexibility index (Phi) is 5.16. The largest absolute Gasteiger partial charge is 0.418 e. The number of likely N-dealkylation sites (N-methyl/N-ethyl adjacent to an activating group) is 2. The summed E-state index contributed by atoms with van der Waals surface area (Å²) >= 11 is 3.22. The number of anilines is 1. The third-order valence-corrected chi connectivity index (χ3v) is 4.29. The van der Waals surface area contributed by atoms with Gasteiger partial charge in [0.2, 0.25) is 0 Å². The van der Waals surface area contributed by atoms with Gasteiger partial charge in [-0.05, 0) is 32.3 Å². The van der Waals surface area contributed by atoms with Crippen molar-refractivity contribution in [2.45, 2.75) is 12.2 Å². The van der Waals surface area contributed by atoms with Crippen LogP contribution in [0.25, 0.3) is 0 Å². The summed E-state index contributed by atoms with van der Waals surface area (Å²) < 4.78 is 39.7. The van der Waals surface area contributed by atoms with Crippen molar-refractivity contribution >= 4 is 21.6 Å². The average Bonchev–Trinajstić information content (AvgIpc) is 2.38. The van der Waals surface area contributed by atoms with E-state index in [9.17, 15) is 13.2 Å². The molecule has 2 rings (SSSR count). The maximum absolute atomic E-state index is 13.0. The summed E-state index contributed by atoms with van der Waals surface area (Å²) in [7, 11) is 4.03. The molecule has 7 heteroatoms. The first-order valence-electron chi connectivity index (χ1n) is 6.77. The Bertz CT molecular complexity index is 493. The minimum atomic E-state index is -4.35. The first-order valence-corrected chi connectivity index (χ1v) is 7.56. The molecule has 0 bridgehead atoms. The lowest BCUT2D eigenvalue weighted by molar-refractivity contribution is -0.137. The molecule has 0 radical (unpaired) electrons. The highest BCUT2D eigenvalue weighted by Crippen LogP contribution is 2.36. The Morgan fingerprint density at radius 2 is 2.00 bits per heavy atom. The number of nitrogens with one attached hydrogen (secondary N) is 1. The van der Waals surface area contributed by atoms with Gasteiger partial charge in [0.25, 0.3) is 0 Å². The maximum Gasteiger partial charge on any atom is 0.418 e. The fourth-order valence-corrected chi connectivity index (χ4v) is 2.82. The Balaban J connectivity index is 2.10. The molecule has 1 aliphatic rings. The van der Waals surface area contributed by atoms with Gasteiger partial charge in [-0.1, -0.05) is 15.9 Å². The summed E-state index contributed by atoms with van der Waals surface area (Å²) in [6.45, 7) is 3.24. The summed E-state index contributed by atoms with van der Waals surface area (Å²) in [5.74, 6) is 0. The van der Waals surface area contributed by atoms with Gasteiger partial charge in [0.1, 0.15) is 0 Å². The van der Waals surface area contributed by atoms with Crippen LogP contribution in [0.5, 0.6) is 0 Å². The zero-order valence-electron chi connectivity index (χ0n) is 12.0. The van der Waals surface area contributed by atoms with Gasteiger partial charge >= 0.3 is 6.18 Å². The van der Waals surface area contributed by atoms with Gasteiger partial charge in [0.15, 0.2) is 0 Å². The van der Waals surface area contributed by atoms with Crippen molar-refractivity contribution < 1.29 is 13.2 Å². The monoisotopic (exact) mass is 365 g/mol. The maximum atomic E-state index is 13.0. The number of hydrogen-bond acceptors (Lipinski definition) is 3. The molecular weight excluding hydrogens is 347 g/mol. The Morgan fingerprint density at radius 1 is 1.29 bits per heavy atom. The molecule has 1 aliphatic heterocycles. The SMILES string of the molecule is CN1CCN(C)C(CNc2cc(Br)ccc2C(F)(F)F)C1. The van der Waals surface area contributed by atoms with Gasteiger partial charge < -0.3 is 10.2 Å². The molecule has 0 spiro atoms. The van der Waals surface area contributed by atoms with E-state index in [1.807, 2.05) is 14.1 Å². The smallest absolute Gasteiger partial charge is 0.383 e. The number of halogens is 4. The predicted octanol–water partition coefficient (Wildman–Crippen LogP) is 3.13. The molecule has 0 saturated carbocycles. The lowest BCUT2D eigenvalue weighted by atomic mass is 10.1. The summed E-state index contributed by atoms with van der Waals surface area (Å²) in [6.07, 6.45) is -4.35. The minimum absolute atomic E-state index is 0.124. The van der Waals surface area contributed by atoms with Gasteiger partial charge in [-0.2, -0.15) is 13.2 Å². The van der Waals surface area contributed by atoms with E-state index in [2.05, 4.69) is 31.0 Å². The molecule has 1 fully saturated rings. The molecule has 0 aliphatic carbocycles. The second-order valence-electron chi connectivity index (χ2n) is 5.47. The van der Waals surface area contributed by atoms with Crippen molar-refractivity contribution in [1.82, 2.24) is 9.80 Å². The van der Waals surface area contributed by atoms with E-state index >= 15 is 0 Å². The standard InChI is InChI=1S/C14H19BrF3N3/c1-20-5-6-21(2)11(9-20)8-19-13-7-10(15)3-4-12(13)14(16,17)18/h3-4,7,11,19H,5-6,8-9H2,1-2H3. The lowest BCUT2D eigenvalue weighted by Crippen LogP contribution is -2.52. The lowest BCUT2D eigenvalue weighted by Gasteiger charge is -2.38. The van der Waals surface area contributed by atoms with Crippen LogP contribution in [0.2, 0.25) is 0 Å². The molecule has 3 nitrogen and oxygen atoms in total. The van der Waals surface area contributed by atoms with E-state index in [1.165, 1.54) is 12.1 Å². The van der Waals surface area contributed by atoms with Crippen LogP contribution in [-0.4, -0.2) is 56.1 Å². The molecule has 1 aromatic rings. The van der Waals surface area contributed by atoms with E-state index in [0.717, 1.165) is 25.7 Å². The van der Waals surface area contributed by atoms with E-state index in [1.54, 1.807) is 0 Å². The summed E-state index contributed by atoms with van der Waals surface area (Å²) in [6, 6.07) is 4.19. The zero-order chi connectivity index (χ0) is 15.6. The second kappa shape index (κ2) is 6.54. The van der Waals surface area contributed by atoms with Crippen molar-refractivity contribution in [1.29, 1.82) is 0 Å². The Morgan fingerprint density at radius 3 is 2.67 bits per heavy atom. The third-order valence-electron chi connectivity index (χ3n) is 3.80. The van der Waals surface area contributed by atoms with Crippen LogP contribution in [0.3, 0.4) is 0 Å². The van der Waals surface area contributed by atoms with Crippen molar-refractivity contribution in [3.8, 4) is 0 Å². The van der Waals surface area contributed by atoms with E-state index in [0.29, 0.717) is 11.0 Å². The van der Waals surface area contributed by atoms with Crippen LogP contribution >= 0.6 is 15.9 Å². The van der Waals surface area contributed by atoms with Crippen molar-refractivity contribution in [3.05, 3.63) is 28.2 Å². The number of nitrogens with zero attached hydrogens (tertiary/aromatic N) is 2. The molecule has 0 aromatic heterocycles. The van der Waals surface area contributed by atoms with Crippen molar-refractivity contribution in [2.75, 3.05) is 45.6 Å².